The van der Waals surface area contributed by atoms with Crippen LogP contribution in [0.25, 0.3) is 6.08 Å². The lowest BCUT2D eigenvalue weighted by atomic mass is 10.1. The van der Waals surface area contributed by atoms with E-state index in [0.717, 1.165) is 16.5 Å². The summed E-state index contributed by atoms with van der Waals surface area (Å²) in [5.41, 5.74) is 2.22. The van der Waals surface area contributed by atoms with Crippen molar-refractivity contribution in [2.45, 2.75) is 13.3 Å². The summed E-state index contributed by atoms with van der Waals surface area (Å²) in [6.45, 7) is 2.09. The van der Waals surface area contributed by atoms with E-state index in [2.05, 4.69) is 28.9 Å². The monoisotopic (exact) mass is 318 g/mol. The predicted octanol–water partition coefficient (Wildman–Crippen LogP) is 4.50. The number of rotatable bonds is 5. The highest BCUT2D eigenvalue weighted by Gasteiger charge is 2.08. The minimum Gasteiger partial charge on any atom is -0.493 e. The van der Waals surface area contributed by atoms with Gasteiger partial charge in [-0.2, -0.15) is 0 Å². The molecule has 0 saturated carbocycles. The van der Waals surface area contributed by atoms with Crippen LogP contribution < -0.4 is 9.47 Å². The Kier molecular flexibility index (Phi) is 5.86. The molecule has 0 spiro atoms. The summed E-state index contributed by atoms with van der Waals surface area (Å²) in [5.74, 6) is 1.96. The van der Waals surface area contributed by atoms with Gasteiger partial charge in [-0.3, -0.25) is 0 Å². The summed E-state index contributed by atoms with van der Waals surface area (Å²) < 4.78 is 11.5. The Bertz CT molecular complexity index is 410. The maximum absolute atomic E-state index is 5.86. The topological polar surface area (TPSA) is 18.5 Å². The molecule has 0 aromatic heterocycles. The van der Waals surface area contributed by atoms with Crippen LogP contribution in [0.3, 0.4) is 0 Å². The van der Waals surface area contributed by atoms with E-state index in [1.54, 1.807) is 14.2 Å². The number of alkyl halides is 1. The largest absolute Gasteiger partial charge is 0.493 e. The van der Waals surface area contributed by atoms with Gasteiger partial charge >= 0.3 is 0 Å². The Morgan fingerprint density at radius 2 is 1.88 bits per heavy atom. The zero-order valence-electron chi connectivity index (χ0n) is 10.2. The molecule has 0 aliphatic rings. The Hall–Kier alpha value is -0.670. The summed E-state index contributed by atoms with van der Waals surface area (Å²) in [6.07, 6.45) is 3.00. The molecule has 0 unspecified atom stereocenters. The molecular formula is C13H16BrClO2. The zero-order chi connectivity index (χ0) is 12.8. The molecule has 1 rings (SSSR count). The molecule has 4 heteroatoms. The Morgan fingerprint density at radius 1 is 1.29 bits per heavy atom. The van der Waals surface area contributed by atoms with E-state index in [9.17, 15) is 0 Å². The number of allylic oxidation sites excluding steroid dienone is 1. The van der Waals surface area contributed by atoms with Crippen molar-refractivity contribution in [1.82, 2.24) is 0 Å². The number of hydrogen-bond acceptors (Lipinski definition) is 2. The molecule has 0 fully saturated rings. The summed E-state index contributed by atoms with van der Waals surface area (Å²) in [5, 5.41) is 0. The van der Waals surface area contributed by atoms with Crippen molar-refractivity contribution in [1.29, 1.82) is 0 Å². The maximum atomic E-state index is 5.86. The smallest absolute Gasteiger partial charge is 0.161 e. The lowest BCUT2D eigenvalue weighted by Crippen LogP contribution is -1.92. The number of hydrogen-bond donors (Lipinski definition) is 0. The van der Waals surface area contributed by atoms with E-state index in [0.29, 0.717) is 17.4 Å². The van der Waals surface area contributed by atoms with E-state index in [1.807, 2.05) is 12.1 Å². The lowest BCUT2D eigenvalue weighted by Gasteiger charge is -2.10. The van der Waals surface area contributed by atoms with E-state index >= 15 is 0 Å². The van der Waals surface area contributed by atoms with Gasteiger partial charge in [-0.15, -0.1) is 11.6 Å². The summed E-state index contributed by atoms with van der Waals surface area (Å²) in [4.78, 5) is 0. The average Bonchev–Trinajstić information content (AvgIpc) is 2.36. The second-order valence-corrected chi connectivity index (χ2v) is 4.64. The lowest BCUT2D eigenvalue weighted by molar-refractivity contribution is 0.354. The minimum absolute atomic E-state index is 0.539. The molecule has 17 heavy (non-hydrogen) atoms. The molecule has 94 valence electrons. The van der Waals surface area contributed by atoms with Gasteiger partial charge < -0.3 is 9.47 Å². The second-order valence-electron chi connectivity index (χ2n) is 3.52. The van der Waals surface area contributed by atoms with Crippen molar-refractivity contribution < 1.29 is 9.47 Å². The highest BCUT2D eigenvalue weighted by Crippen LogP contribution is 2.34. The van der Waals surface area contributed by atoms with Crippen molar-refractivity contribution in [2.75, 3.05) is 20.1 Å². The molecule has 0 atom stereocenters. The predicted molar refractivity (Wildman–Crippen MR) is 76.2 cm³/mol. The molecule has 0 amide bonds. The van der Waals surface area contributed by atoms with E-state index in [1.165, 1.54) is 5.57 Å². The molecule has 0 saturated heterocycles. The first-order chi connectivity index (χ1) is 8.15. The fourth-order valence-electron chi connectivity index (χ4n) is 1.44. The Labute approximate surface area is 116 Å². The molecule has 0 radical (unpaired) electrons. The summed E-state index contributed by atoms with van der Waals surface area (Å²) in [6, 6.07) is 3.83. The first kappa shape index (κ1) is 14.4. The van der Waals surface area contributed by atoms with Gasteiger partial charge in [0.2, 0.25) is 0 Å². The molecule has 0 aliphatic heterocycles. The number of halogens is 2. The van der Waals surface area contributed by atoms with Gasteiger partial charge in [0.1, 0.15) is 0 Å². The Morgan fingerprint density at radius 3 is 2.35 bits per heavy atom. The fourth-order valence-corrected chi connectivity index (χ4v) is 2.14. The number of ether oxygens (including phenoxy) is 2. The van der Waals surface area contributed by atoms with Crippen molar-refractivity contribution in [3.05, 3.63) is 27.7 Å². The van der Waals surface area contributed by atoms with Crippen molar-refractivity contribution in [2.24, 2.45) is 0 Å². The van der Waals surface area contributed by atoms with E-state index < -0.39 is 0 Å². The molecule has 1 aromatic carbocycles. The molecule has 0 heterocycles. The van der Waals surface area contributed by atoms with Gasteiger partial charge in [-0.1, -0.05) is 34.5 Å². The van der Waals surface area contributed by atoms with Crippen LogP contribution in [0.1, 0.15) is 18.9 Å². The third-order valence-corrected chi connectivity index (χ3v) is 3.52. The van der Waals surface area contributed by atoms with Gasteiger partial charge in [-0.05, 0) is 24.1 Å². The highest BCUT2D eigenvalue weighted by molar-refractivity contribution is 9.10. The normalized spacial score (nSPS) is 11.5. The third-order valence-electron chi connectivity index (χ3n) is 2.49. The molecule has 0 aliphatic carbocycles. The van der Waals surface area contributed by atoms with Crippen LogP contribution >= 0.6 is 27.5 Å². The van der Waals surface area contributed by atoms with Crippen LogP contribution in [0.15, 0.2) is 22.2 Å². The summed E-state index contributed by atoms with van der Waals surface area (Å²) >= 11 is 9.38. The molecular weight excluding hydrogens is 303 g/mol. The Balaban J connectivity index is 3.21. The van der Waals surface area contributed by atoms with Crippen LogP contribution in [-0.2, 0) is 0 Å². The summed E-state index contributed by atoms with van der Waals surface area (Å²) in [7, 11) is 3.25. The first-order valence-corrected chi connectivity index (χ1v) is 6.65. The number of benzene rings is 1. The van der Waals surface area contributed by atoms with Crippen molar-refractivity contribution in [3.8, 4) is 11.5 Å². The van der Waals surface area contributed by atoms with Crippen LogP contribution in [0, 0.1) is 0 Å². The fraction of sp³-hybridized carbons (Fsp3) is 0.385. The van der Waals surface area contributed by atoms with Gasteiger partial charge in [0.25, 0.3) is 0 Å². The second kappa shape index (κ2) is 6.92. The van der Waals surface area contributed by atoms with Crippen molar-refractivity contribution in [3.63, 3.8) is 0 Å². The first-order valence-electron chi connectivity index (χ1n) is 5.33. The average molecular weight is 320 g/mol. The van der Waals surface area contributed by atoms with E-state index in [-0.39, 0.29) is 0 Å². The number of methoxy groups -OCH3 is 2. The van der Waals surface area contributed by atoms with Crippen molar-refractivity contribution >= 4 is 33.6 Å². The van der Waals surface area contributed by atoms with E-state index in [4.69, 9.17) is 21.1 Å². The minimum atomic E-state index is 0.539. The van der Waals surface area contributed by atoms with Crippen LogP contribution in [-0.4, -0.2) is 20.1 Å². The van der Waals surface area contributed by atoms with Gasteiger partial charge in [0.15, 0.2) is 11.5 Å². The molecule has 0 N–H and O–H groups in total. The van der Waals surface area contributed by atoms with Crippen LogP contribution in [0.4, 0.5) is 0 Å². The quantitative estimate of drug-likeness (QED) is 0.744. The molecule has 0 bridgehead atoms. The zero-order valence-corrected chi connectivity index (χ0v) is 12.6. The standard InChI is InChI=1S/C13H16BrClO2/c1-4-9(8-15)5-10-6-12(16-2)13(17-3)7-11(10)14/h5-7H,4,8H2,1-3H3. The SMILES string of the molecule is CCC(=Cc1cc(OC)c(OC)cc1Br)CCl. The molecule has 2 nitrogen and oxygen atoms in total. The van der Waals surface area contributed by atoms with Crippen LogP contribution in [0.2, 0.25) is 0 Å². The van der Waals surface area contributed by atoms with Crippen LogP contribution in [0.5, 0.6) is 11.5 Å². The van der Waals surface area contributed by atoms with Gasteiger partial charge in [0, 0.05) is 10.4 Å². The van der Waals surface area contributed by atoms with Gasteiger partial charge in [-0.25, -0.2) is 0 Å². The van der Waals surface area contributed by atoms with Gasteiger partial charge in [0.05, 0.1) is 14.2 Å². The third kappa shape index (κ3) is 3.65. The maximum Gasteiger partial charge on any atom is 0.161 e. The molecule has 1 aromatic rings. The highest BCUT2D eigenvalue weighted by atomic mass is 79.9.